The smallest absolute Gasteiger partial charge is 0.0625 e. The molecule has 4 heteroatoms. The van der Waals surface area contributed by atoms with Crippen LogP contribution in [-0.4, -0.2) is 29.5 Å². The van der Waals surface area contributed by atoms with Gasteiger partial charge in [0.25, 0.3) is 0 Å². The van der Waals surface area contributed by atoms with Crippen molar-refractivity contribution < 1.29 is 4.74 Å². The molecule has 0 spiro atoms. The summed E-state index contributed by atoms with van der Waals surface area (Å²) < 4.78 is 7.33. The predicted octanol–water partition coefficient (Wildman–Crippen LogP) is 2.37. The highest BCUT2D eigenvalue weighted by molar-refractivity contribution is 5.10. The zero-order chi connectivity index (χ0) is 13.4. The van der Waals surface area contributed by atoms with Gasteiger partial charge in [0, 0.05) is 26.2 Å². The summed E-state index contributed by atoms with van der Waals surface area (Å²) >= 11 is 0. The highest BCUT2D eigenvalue weighted by atomic mass is 16.5. The average Bonchev–Trinajstić information content (AvgIpc) is 2.79. The zero-order valence-electron chi connectivity index (χ0n) is 12.2. The average molecular weight is 253 g/mol. The van der Waals surface area contributed by atoms with Gasteiger partial charge in [-0.3, -0.25) is 4.68 Å². The second kappa shape index (κ2) is 8.27. The molecule has 1 rings (SSSR count). The quantitative estimate of drug-likeness (QED) is 0.734. The molecule has 104 valence electrons. The molecule has 0 saturated carbocycles. The van der Waals surface area contributed by atoms with Gasteiger partial charge in [0.2, 0.25) is 0 Å². The molecule has 0 aliphatic rings. The molecule has 0 saturated heterocycles. The molecule has 1 aromatic heterocycles. The first-order valence-electron chi connectivity index (χ1n) is 7.02. The Morgan fingerprint density at radius 1 is 1.39 bits per heavy atom. The first kappa shape index (κ1) is 15.2. The van der Waals surface area contributed by atoms with E-state index in [0.717, 1.165) is 32.5 Å². The van der Waals surface area contributed by atoms with Crippen LogP contribution < -0.4 is 5.32 Å². The minimum absolute atomic E-state index is 0.435. The zero-order valence-corrected chi connectivity index (χ0v) is 12.2. The molecule has 18 heavy (non-hydrogen) atoms. The van der Waals surface area contributed by atoms with E-state index < -0.39 is 0 Å². The molecule has 0 aromatic carbocycles. The van der Waals surface area contributed by atoms with E-state index in [0.29, 0.717) is 6.04 Å². The Balaban J connectivity index is 2.57. The topological polar surface area (TPSA) is 39.1 Å². The Kier molecular flexibility index (Phi) is 6.98. The van der Waals surface area contributed by atoms with E-state index in [1.54, 1.807) is 7.11 Å². The number of ether oxygens (including phenoxy) is 1. The molecular formula is C14H27N3O. The Morgan fingerprint density at radius 2 is 2.17 bits per heavy atom. The van der Waals surface area contributed by atoms with Crippen molar-refractivity contribution in [3.63, 3.8) is 0 Å². The van der Waals surface area contributed by atoms with Gasteiger partial charge in [-0.25, -0.2) is 0 Å². The Morgan fingerprint density at radius 3 is 2.72 bits per heavy atom. The van der Waals surface area contributed by atoms with E-state index >= 15 is 0 Å². The summed E-state index contributed by atoms with van der Waals surface area (Å²) in [7, 11) is 1.76. The van der Waals surface area contributed by atoms with Crippen LogP contribution in [0, 0.1) is 0 Å². The molecule has 0 aliphatic carbocycles. The number of rotatable bonds is 9. The highest BCUT2D eigenvalue weighted by Gasteiger charge is 2.10. The molecule has 0 aliphatic heterocycles. The van der Waals surface area contributed by atoms with Crippen LogP contribution in [0.25, 0.3) is 0 Å². The van der Waals surface area contributed by atoms with Crippen molar-refractivity contribution in [2.75, 3.05) is 13.7 Å². The summed E-state index contributed by atoms with van der Waals surface area (Å²) in [5, 5.41) is 8.13. The minimum atomic E-state index is 0.435. The second-order valence-electron chi connectivity index (χ2n) is 4.62. The number of methoxy groups -OCH3 is 1. The third-order valence-corrected chi connectivity index (χ3v) is 3.15. The lowest BCUT2D eigenvalue weighted by atomic mass is 10.2. The van der Waals surface area contributed by atoms with Crippen molar-refractivity contribution in [3.8, 4) is 0 Å². The lowest BCUT2D eigenvalue weighted by Crippen LogP contribution is -2.33. The molecule has 1 atom stereocenters. The Hall–Kier alpha value is -0.870. The maximum Gasteiger partial charge on any atom is 0.0625 e. The van der Waals surface area contributed by atoms with E-state index in [-0.39, 0.29) is 0 Å². The molecule has 1 heterocycles. The summed E-state index contributed by atoms with van der Waals surface area (Å²) in [6, 6.07) is 2.64. The predicted molar refractivity (Wildman–Crippen MR) is 74.7 cm³/mol. The largest absolute Gasteiger partial charge is 0.383 e. The first-order valence-corrected chi connectivity index (χ1v) is 7.02. The number of hydrogen-bond acceptors (Lipinski definition) is 3. The number of nitrogens with one attached hydrogen (secondary N) is 1. The summed E-state index contributed by atoms with van der Waals surface area (Å²) in [6.45, 7) is 9.05. The second-order valence-corrected chi connectivity index (χ2v) is 4.62. The Bertz CT molecular complexity index is 330. The van der Waals surface area contributed by atoms with Crippen LogP contribution in [0.1, 0.15) is 45.0 Å². The maximum atomic E-state index is 5.24. The summed E-state index contributed by atoms with van der Waals surface area (Å²) in [6.07, 6.45) is 3.32. The van der Waals surface area contributed by atoms with Crippen molar-refractivity contribution in [1.29, 1.82) is 0 Å². The lowest BCUT2D eigenvalue weighted by Gasteiger charge is -2.17. The molecule has 1 unspecified atom stereocenters. The molecule has 1 N–H and O–H groups in total. The SMILES string of the molecule is CCCC(COC)NCc1cc(CC)nn1CC. The number of hydrogen-bond donors (Lipinski definition) is 1. The summed E-state index contributed by atoms with van der Waals surface area (Å²) in [5.74, 6) is 0. The van der Waals surface area contributed by atoms with E-state index in [9.17, 15) is 0 Å². The van der Waals surface area contributed by atoms with Gasteiger partial charge in [-0.15, -0.1) is 0 Å². The number of aryl methyl sites for hydroxylation is 2. The van der Waals surface area contributed by atoms with Crippen LogP contribution in [0.5, 0.6) is 0 Å². The van der Waals surface area contributed by atoms with Crippen molar-refractivity contribution in [2.24, 2.45) is 0 Å². The van der Waals surface area contributed by atoms with E-state index in [1.807, 2.05) is 0 Å². The third-order valence-electron chi connectivity index (χ3n) is 3.15. The van der Waals surface area contributed by atoms with Crippen LogP contribution in [-0.2, 0) is 24.2 Å². The van der Waals surface area contributed by atoms with E-state index in [2.05, 4.69) is 41.9 Å². The fraction of sp³-hybridized carbons (Fsp3) is 0.786. The molecule has 0 amide bonds. The molecule has 1 aromatic rings. The van der Waals surface area contributed by atoms with Gasteiger partial charge in [0.15, 0.2) is 0 Å². The van der Waals surface area contributed by atoms with Gasteiger partial charge in [0.05, 0.1) is 18.0 Å². The number of nitrogens with zero attached hydrogens (tertiary/aromatic N) is 2. The van der Waals surface area contributed by atoms with Crippen molar-refractivity contribution in [1.82, 2.24) is 15.1 Å². The molecular weight excluding hydrogens is 226 g/mol. The van der Waals surface area contributed by atoms with Crippen molar-refractivity contribution in [2.45, 2.75) is 59.2 Å². The molecule has 4 nitrogen and oxygen atoms in total. The van der Waals surface area contributed by atoms with Crippen LogP contribution in [0.2, 0.25) is 0 Å². The fourth-order valence-corrected chi connectivity index (χ4v) is 2.15. The standard InChI is InChI=1S/C14H27N3O/c1-5-8-13(11-18-4)15-10-14-9-12(6-2)16-17(14)7-3/h9,13,15H,5-8,10-11H2,1-4H3. The van der Waals surface area contributed by atoms with Crippen molar-refractivity contribution in [3.05, 3.63) is 17.5 Å². The monoisotopic (exact) mass is 253 g/mol. The van der Waals surface area contributed by atoms with Gasteiger partial charge in [-0.05, 0) is 25.8 Å². The number of aromatic nitrogens is 2. The van der Waals surface area contributed by atoms with Crippen LogP contribution in [0.3, 0.4) is 0 Å². The maximum absolute atomic E-state index is 5.24. The van der Waals surface area contributed by atoms with Gasteiger partial charge in [-0.2, -0.15) is 5.10 Å². The highest BCUT2D eigenvalue weighted by Crippen LogP contribution is 2.07. The van der Waals surface area contributed by atoms with Crippen LogP contribution >= 0.6 is 0 Å². The van der Waals surface area contributed by atoms with Crippen LogP contribution in [0.4, 0.5) is 0 Å². The van der Waals surface area contributed by atoms with Gasteiger partial charge in [0.1, 0.15) is 0 Å². The third kappa shape index (κ3) is 4.42. The minimum Gasteiger partial charge on any atom is -0.383 e. The molecule has 0 fully saturated rings. The summed E-state index contributed by atoms with van der Waals surface area (Å²) in [4.78, 5) is 0. The molecule has 0 radical (unpaired) electrons. The van der Waals surface area contributed by atoms with Crippen molar-refractivity contribution >= 4 is 0 Å². The van der Waals surface area contributed by atoms with E-state index in [1.165, 1.54) is 17.8 Å². The van der Waals surface area contributed by atoms with E-state index in [4.69, 9.17) is 4.74 Å². The normalized spacial score (nSPS) is 12.9. The Labute approximate surface area is 111 Å². The fourth-order valence-electron chi connectivity index (χ4n) is 2.15. The first-order chi connectivity index (χ1) is 8.74. The van der Waals surface area contributed by atoms with Gasteiger partial charge in [-0.1, -0.05) is 20.3 Å². The van der Waals surface area contributed by atoms with Gasteiger partial charge >= 0.3 is 0 Å². The lowest BCUT2D eigenvalue weighted by molar-refractivity contribution is 0.161. The van der Waals surface area contributed by atoms with Crippen LogP contribution in [0.15, 0.2) is 6.07 Å². The summed E-state index contributed by atoms with van der Waals surface area (Å²) in [5.41, 5.74) is 2.44. The molecule has 0 bridgehead atoms. The van der Waals surface area contributed by atoms with Gasteiger partial charge < -0.3 is 10.1 Å².